The highest BCUT2D eigenvalue weighted by Crippen LogP contribution is 2.34. The van der Waals surface area contributed by atoms with E-state index in [1.54, 1.807) is 12.5 Å². The summed E-state index contributed by atoms with van der Waals surface area (Å²) in [5.41, 5.74) is 4.66. The van der Waals surface area contributed by atoms with Crippen LogP contribution in [0.25, 0.3) is 33.9 Å². The summed E-state index contributed by atoms with van der Waals surface area (Å²) in [4.78, 5) is 8.15. The van der Waals surface area contributed by atoms with Crippen LogP contribution in [0.1, 0.15) is 0 Å². The highest BCUT2D eigenvalue weighted by Gasteiger charge is 2.15. The van der Waals surface area contributed by atoms with Crippen LogP contribution in [0.2, 0.25) is 10.0 Å². The molecule has 0 saturated heterocycles. The van der Waals surface area contributed by atoms with Crippen LogP contribution >= 0.6 is 23.2 Å². The monoisotopic (exact) mass is 354 g/mol. The lowest BCUT2D eigenvalue weighted by atomic mass is 10.1. The first-order valence-electron chi connectivity index (χ1n) is 7.35. The zero-order valence-electron chi connectivity index (χ0n) is 12.5. The molecule has 3 nitrogen and oxygen atoms in total. The molecule has 0 radical (unpaired) electrons. The third-order valence-corrected chi connectivity index (χ3v) is 4.25. The first-order chi connectivity index (χ1) is 11.7. The number of aromatic nitrogens is 2. The zero-order valence-corrected chi connectivity index (χ0v) is 14.0. The molecular weight excluding hydrogens is 343 g/mol. The Morgan fingerprint density at radius 2 is 1.38 bits per heavy atom. The zero-order chi connectivity index (χ0) is 16.5. The summed E-state index contributed by atoms with van der Waals surface area (Å²) >= 11 is 12.0. The minimum Gasteiger partial charge on any atom is -0.472 e. The van der Waals surface area contributed by atoms with Crippen LogP contribution in [0.15, 0.2) is 71.5 Å². The molecule has 4 aromatic rings. The lowest BCUT2D eigenvalue weighted by molar-refractivity contribution is 0.568. The average Bonchev–Trinajstić information content (AvgIpc) is 3.26. The van der Waals surface area contributed by atoms with Gasteiger partial charge in [-0.3, -0.25) is 0 Å². The van der Waals surface area contributed by atoms with Crippen LogP contribution in [0.5, 0.6) is 0 Å². The molecule has 2 aromatic heterocycles. The molecule has 2 heterocycles. The number of H-pyrrole nitrogens is 1. The molecule has 0 atom stereocenters. The largest absolute Gasteiger partial charge is 0.472 e. The lowest BCUT2D eigenvalue weighted by Crippen LogP contribution is -1.83. The van der Waals surface area contributed by atoms with Crippen LogP contribution in [0.4, 0.5) is 0 Å². The fraction of sp³-hybridized carbons (Fsp3) is 0. The molecule has 0 aliphatic rings. The topological polar surface area (TPSA) is 41.8 Å². The first-order valence-corrected chi connectivity index (χ1v) is 8.11. The van der Waals surface area contributed by atoms with Gasteiger partial charge in [-0.2, -0.15) is 0 Å². The van der Waals surface area contributed by atoms with Gasteiger partial charge in [0.05, 0.1) is 23.2 Å². The SMILES string of the molecule is Clc1ccc(-c2nc(-c3ccoc3)[nH]c2-c2ccc(Cl)cc2)cc1. The highest BCUT2D eigenvalue weighted by atomic mass is 35.5. The van der Waals surface area contributed by atoms with Crippen LogP contribution in [0.3, 0.4) is 0 Å². The van der Waals surface area contributed by atoms with E-state index in [4.69, 9.17) is 32.6 Å². The molecular formula is C19H12Cl2N2O. The fourth-order valence-corrected chi connectivity index (χ4v) is 2.80. The number of imidazole rings is 1. The smallest absolute Gasteiger partial charge is 0.141 e. The summed E-state index contributed by atoms with van der Waals surface area (Å²) in [6, 6.07) is 17.2. The number of hydrogen-bond donors (Lipinski definition) is 1. The third-order valence-electron chi connectivity index (χ3n) is 3.75. The number of benzene rings is 2. The number of nitrogens with one attached hydrogen (secondary N) is 1. The predicted molar refractivity (Wildman–Crippen MR) is 97.2 cm³/mol. The van der Waals surface area contributed by atoms with Crippen molar-refractivity contribution in [3.8, 4) is 33.9 Å². The van der Waals surface area contributed by atoms with Crippen molar-refractivity contribution < 1.29 is 4.42 Å². The Morgan fingerprint density at radius 3 is 1.96 bits per heavy atom. The van der Waals surface area contributed by atoms with E-state index in [9.17, 15) is 0 Å². The van der Waals surface area contributed by atoms with E-state index in [0.29, 0.717) is 10.0 Å². The van der Waals surface area contributed by atoms with E-state index in [1.807, 2.05) is 54.6 Å². The minimum atomic E-state index is 0.692. The van der Waals surface area contributed by atoms with Gasteiger partial charge in [0.2, 0.25) is 0 Å². The van der Waals surface area contributed by atoms with Gasteiger partial charge < -0.3 is 9.40 Å². The normalized spacial score (nSPS) is 10.9. The average molecular weight is 355 g/mol. The number of nitrogens with zero attached hydrogens (tertiary/aromatic N) is 1. The van der Waals surface area contributed by atoms with Crippen molar-refractivity contribution >= 4 is 23.2 Å². The fourth-order valence-electron chi connectivity index (χ4n) is 2.55. The second kappa shape index (κ2) is 6.19. The first kappa shape index (κ1) is 15.1. The number of halogens is 2. The molecule has 1 N–H and O–H groups in total. The van der Waals surface area contributed by atoms with Crippen molar-refractivity contribution in [1.82, 2.24) is 9.97 Å². The maximum absolute atomic E-state index is 6.01. The number of furan rings is 1. The molecule has 2 aromatic carbocycles. The van der Waals surface area contributed by atoms with Crippen LogP contribution < -0.4 is 0 Å². The number of hydrogen-bond acceptors (Lipinski definition) is 2. The van der Waals surface area contributed by atoms with Gasteiger partial charge in [-0.05, 0) is 30.3 Å². The maximum Gasteiger partial charge on any atom is 0.141 e. The van der Waals surface area contributed by atoms with Gasteiger partial charge in [-0.15, -0.1) is 0 Å². The Balaban J connectivity index is 1.89. The summed E-state index contributed by atoms with van der Waals surface area (Å²) in [5, 5.41) is 1.39. The van der Waals surface area contributed by atoms with E-state index in [2.05, 4.69) is 4.98 Å². The minimum absolute atomic E-state index is 0.692. The van der Waals surface area contributed by atoms with Gasteiger partial charge in [0.25, 0.3) is 0 Å². The van der Waals surface area contributed by atoms with Crippen LogP contribution in [0, 0.1) is 0 Å². The molecule has 0 bridgehead atoms. The maximum atomic E-state index is 6.01. The van der Waals surface area contributed by atoms with Crippen LogP contribution in [-0.4, -0.2) is 9.97 Å². The highest BCUT2D eigenvalue weighted by molar-refractivity contribution is 6.31. The summed E-state index contributed by atoms with van der Waals surface area (Å²) in [5.74, 6) is 0.749. The second-order valence-electron chi connectivity index (χ2n) is 5.33. The Labute approximate surface area is 148 Å². The molecule has 0 aliphatic heterocycles. The predicted octanol–water partition coefficient (Wildman–Crippen LogP) is 6.31. The van der Waals surface area contributed by atoms with Crippen molar-refractivity contribution in [3.63, 3.8) is 0 Å². The summed E-state index contributed by atoms with van der Waals surface area (Å²) < 4.78 is 5.17. The molecule has 0 unspecified atom stereocenters. The molecule has 0 spiro atoms. The van der Waals surface area contributed by atoms with Gasteiger partial charge in [-0.1, -0.05) is 47.5 Å². The summed E-state index contributed by atoms with van der Waals surface area (Å²) in [7, 11) is 0. The van der Waals surface area contributed by atoms with Crippen molar-refractivity contribution in [1.29, 1.82) is 0 Å². The van der Waals surface area contributed by atoms with Crippen molar-refractivity contribution in [2.24, 2.45) is 0 Å². The lowest BCUT2D eigenvalue weighted by Gasteiger charge is -2.03. The van der Waals surface area contributed by atoms with Gasteiger partial charge in [0.1, 0.15) is 12.1 Å². The molecule has 24 heavy (non-hydrogen) atoms. The quantitative estimate of drug-likeness (QED) is 0.468. The van der Waals surface area contributed by atoms with Crippen molar-refractivity contribution in [3.05, 3.63) is 77.2 Å². The van der Waals surface area contributed by atoms with E-state index >= 15 is 0 Å². The molecule has 4 rings (SSSR count). The Bertz CT molecular complexity index is 893. The molecule has 0 aliphatic carbocycles. The van der Waals surface area contributed by atoms with Gasteiger partial charge >= 0.3 is 0 Å². The van der Waals surface area contributed by atoms with Gasteiger partial charge in [0, 0.05) is 21.2 Å². The van der Waals surface area contributed by atoms with E-state index < -0.39 is 0 Å². The standard InChI is InChI=1S/C19H12Cl2N2O/c20-15-5-1-12(2-6-15)17-18(13-3-7-16(21)8-4-13)23-19(22-17)14-9-10-24-11-14/h1-11H,(H,22,23). The molecule has 118 valence electrons. The second-order valence-corrected chi connectivity index (χ2v) is 6.21. The van der Waals surface area contributed by atoms with Crippen LogP contribution in [-0.2, 0) is 0 Å². The summed E-state index contributed by atoms with van der Waals surface area (Å²) in [6.45, 7) is 0. The van der Waals surface area contributed by atoms with E-state index in [1.165, 1.54) is 0 Å². The molecule has 0 amide bonds. The Morgan fingerprint density at radius 1 is 0.750 bits per heavy atom. The Hall–Kier alpha value is -2.49. The van der Waals surface area contributed by atoms with Gasteiger partial charge in [0.15, 0.2) is 0 Å². The van der Waals surface area contributed by atoms with E-state index in [-0.39, 0.29) is 0 Å². The van der Waals surface area contributed by atoms with Gasteiger partial charge in [-0.25, -0.2) is 4.98 Å². The van der Waals surface area contributed by atoms with E-state index in [0.717, 1.165) is 33.9 Å². The van der Waals surface area contributed by atoms with Crippen molar-refractivity contribution in [2.45, 2.75) is 0 Å². The molecule has 5 heteroatoms. The number of rotatable bonds is 3. The Kier molecular flexibility index (Phi) is 3.89. The molecule has 0 fully saturated rings. The van der Waals surface area contributed by atoms with Crippen molar-refractivity contribution in [2.75, 3.05) is 0 Å². The number of aromatic amines is 1. The summed E-state index contributed by atoms with van der Waals surface area (Å²) in [6.07, 6.45) is 3.29. The molecule has 0 saturated carbocycles. The third kappa shape index (κ3) is 2.84.